The Kier molecular flexibility index (Phi) is 6.01. The van der Waals surface area contributed by atoms with Gasteiger partial charge in [-0.2, -0.15) is 0 Å². The van der Waals surface area contributed by atoms with Crippen molar-refractivity contribution in [3.05, 3.63) is 29.8 Å². The Hall–Kier alpha value is -0.620. The highest BCUT2D eigenvalue weighted by molar-refractivity contribution is 7.89. The van der Waals surface area contributed by atoms with Crippen LogP contribution in [-0.2, 0) is 10.0 Å². The SMILES string of the molecule is Cc1cccc(S(=O)(=O)NCC2(C)CCNCC2)c1.Cl. The zero-order valence-corrected chi connectivity index (χ0v) is 13.6. The van der Waals surface area contributed by atoms with Crippen LogP contribution in [0.1, 0.15) is 25.3 Å². The molecule has 2 rings (SSSR count). The first-order valence-corrected chi connectivity index (χ1v) is 8.17. The van der Waals surface area contributed by atoms with Crippen LogP contribution < -0.4 is 10.0 Å². The molecule has 4 nitrogen and oxygen atoms in total. The van der Waals surface area contributed by atoms with Crippen LogP contribution in [0.5, 0.6) is 0 Å². The molecule has 1 aliphatic heterocycles. The van der Waals surface area contributed by atoms with E-state index in [0.29, 0.717) is 11.4 Å². The summed E-state index contributed by atoms with van der Waals surface area (Å²) < 4.78 is 27.2. The summed E-state index contributed by atoms with van der Waals surface area (Å²) in [7, 11) is -3.39. The Morgan fingerprint density at radius 2 is 1.95 bits per heavy atom. The Bertz CT molecular complexity index is 540. The van der Waals surface area contributed by atoms with Crippen molar-refractivity contribution in [3.63, 3.8) is 0 Å². The van der Waals surface area contributed by atoms with E-state index in [9.17, 15) is 8.42 Å². The minimum atomic E-state index is -3.39. The third-order valence-corrected chi connectivity index (χ3v) is 5.20. The van der Waals surface area contributed by atoms with Crippen molar-refractivity contribution in [1.82, 2.24) is 10.0 Å². The van der Waals surface area contributed by atoms with Crippen LogP contribution >= 0.6 is 12.4 Å². The summed E-state index contributed by atoms with van der Waals surface area (Å²) in [5, 5.41) is 3.30. The summed E-state index contributed by atoms with van der Waals surface area (Å²) in [6, 6.07) is 7.01. The number of piperidine rings is 1. The molecule has 1 fully saturated rings. The molecular weight excluding hydrogens is 296 g/mol. The van der Waals surface area contributed by atoms with E-state index in [0.717, 1.165) is 31.5 Å². The summed E-state index contributed by atoms with van der Waals surface area (Å²) in [6.45, 7) is 6.47. The molecule has 0 saturated carbocycles. The number of halogens is 1. The molecule has 0 amide bonds. The smallest absolute Gasteiger partial charge is 0.240 e. The maximum atomic E-state index is 12.2. The third-order valence-electron chi connectivity index (χ3n) is 3.80. The van der Waals surface area contributed by atoms with Crippen LogP contribution in [0.25, 0.3) is 0 Å². The van der Waals surface area contributed by atoms with Gasteiger partial charge in [-0.3, -0.25) is 0 Å². The Morgan fingerprint density at radius 1 is 1.30 bits per heavy atom. The zero-order valence-electron chi connectivity index (χ0n) is 12.0. The van der Waals surface area contributed by atoms with Gasteiger partial charge < -0.3 is 5.32 Å². The Labute approximate surface area is 127 Å². The highest BCUT2D eigenvalue weighted by Crippen LogP contribution is 2.27. The second-order valence-electron chi connectivity index (χ2n) is 5.70. The summed E-state index contributed by atoms with van der Waals surface area (Å²) in [5.41, 5.74) is 1.01. The lowest BCUT2D eigenvalue weighted by Gasteiger charge is -2.34. The van der Waals surface area contributed by atoms with Gasteiger partial charge >= 0.3 is 0 Å². The number of sulfonamides is 1. The minimum Gasteiger partial charge on any atom is -0.317 e. The summed E-state index contributed by atoms with van der Waals surface area (Å²) >= 11 is 0. The molecule has 0 aromatic heterocycles. The fraction of sp³-hybridized carbons (Fsp3) is 0.571. The molecule has 0 spiro atoms. The monoisotopic (exact) mass is 318 g/mol. The van der Waals surface area contributed by atoms with Crippen LogP contribution in [0.2, 0.25) is 0 Å². The number of hydrogen-bond donors (Lipinski definition) is 2. The number of benzene rings is 1. The highest BCUT2D eigenvalue weighted by Gasteiger charge is 2.28. The molecule has 0 radical (unpaired) electrons. The fourth-order valence-electron chi connectivity index (χ4n) is 2.34. The van der Waals surface area contributed by atoms with Crippen LogP contribution in [0.3, 0.4) is 0 Å². The Balaban J connectivity index is 0.00000200. The van der Waals surface area contributed by atoms with Gasteiger partial charge in [0.25, 0.3) is 0 Å². The number of rotatable bonds is 4. The molecule has 0 aliphatic carbocycles. The molecule has 0 atom stereocenters. The normalized spacial score (nSPS) is 18.3. The topological polar surface area (TPSA) is 58.2 Å². The first-order valence-electron chi connectivity index (χ1n) is 6.68. The maximum Gasteiger partial charge on any atom is 0.240 e. The molecule has 114 valence electrons. The fourth-order valence-corrected chi connectivity index (χ4v) is 3.65. The average Bonchev–Trinajstić information content (AvgIpc) is 2.38. The van der Waals surface area contributed by atoms with Crippen LogP contribution in [0, 0.1) is 12.3 Å². The number of hydrogen-bond acceptors (Lipinski definition) is 3. The molecule has 6 heteroatoms. The summed E-state index contributed by atoms with van der Waals surface area (Å²) in [4.78, 5) is 0.352. The third kappa shape index (κ3) is 4.45. The highest BCUT2D eigenvalue weighted by atomic mass is 35.5. The van der Waals surface area contributed by atoms with Crippen molar-refractivity contribution in [3.8, 4) is 0 Å². The van der Waals surface area contributed by atoms with Crippen LogP contribution in [-0.4, -0.2) is 28.1 Å². The van der Waals surface area contributed by atoms with Gasteiger partial charge in [0.1, 0.15) is 0 Å². The standard InChI is InChI=1S/C14H22N2O2S.ClH/c1-12-4-3-5-13(10-12)19(17,18)16-11-14(2)6-8-15-9-7-14;/h3-5,10,15-16H,6-9,11H2,1-2H3;1H. The zero-order chi connectivity index (χ0) is 13.9. The van der Waals surface area contributed by atoms with Gasteiger partial charge in [-0.15, -0.1) is 12.4 Å². The van der Waals surface area contributed by atoms with Crippen molar-refractivity contribution in [2.24, 2.45) is 5.41 Å². The van der Waals surface area contributed by atoms with E-state index < -0.39 is 10.0 Å². The molecular formula is C14H23ClN2O2S. The van der Waals surface area contributed by atoms with Crippen molar-refractivity contribution in [2.45, 2.75) is 31.6 Å². The van der Waals surface area contributed by atoms with E-state index in [-0.39, 0.29) is 17.8 Å². The lowest BCUT2D eigenvalue weighted by molar-refractivity contribution is 0.232. The molecule has 0 bridgehead atoms. The molecule has 1 heterocycles. The molecule has 1 aromatic carbocycles. The lowest BCUT2D eigenvalue weighted by atomic mass is 9.81. The number of nitrogens with one attached hydrogen (secondary N) is 2. The van der Waals surface area contributed by atoms with Crippen molar-refractivity contribution in [1.29, 1.82) is 0 Å². The molecule has 2 N–H and O–H groups in total. The van der Waals surface area contributed by atoms with Gasteiger partial charge in [-0.1, -0.05) is 19.1 Å². The summed E-state index contributed by atoms with van der Waals surface area (Å²) in [6.07, 6.45) is 2.01. The van der Waals surface area contributed by atoms with Gasteiger partial charge in [0.15, 0.2) is 0 Å². The van der Waals surface area contributed by atoms with E-state index in [1.807, 2.05) is 13.0 Å². The van der Waals surface area contributed by atoms with Crippen LogP contribution in [0.4, 0.5) is 0 Å². The van der Waals surface area contributed by atoms with Gasteiger partial charge in [-0.05, 0) is 56.0 Å². The van der Waals surface area contributed by atoms with Crippen LogP contribution in [0.15, 0.2) is 29.2 Å². The maximum absolute atomic E-state index is 12.2. The van der Waals surface area contributed by atoms with Gasteiger partial charge in [0, 0.05) is 6.54 Å². The molecule has 1 aromatic rings. The van der Waals surface area contributed by atoms with Gasteiger partial charge in [0.2, 0.25) is 10.0 Å². The van der Waals surface area contributed by atoms with Crippen molar-refractivity contribution >= 4 is 22.4 Å². The minimum absolute atomic E-state index is 0. The van der Waals surface area contributed by atoms with E-state index in [1.54, 1.807) is 18.2 Å². The second-order valence-corrected chi connectivity index (χ2v) is 7.47. The van der Waals surface area contributed by atoms with E-state index >= 15 is 0 Å². The van der Waals surface area contributed by atoms with Gasteiger partial charge in [-0.25, -0.2) is 13.1 Å². The second kappa shape index (κ2) is 6.89. The largest absolute Gasteiger partial charge is 0.317 e. The van der Waals surface area contributed by atoms with Crippen molar-refractivity contribution in [2.75, 3.05) is 19.6 Å². The predicted molar refractivity (Wildman–Crippen MR) is 83.8 cm³/mol. The van der Waals surface area contributed by atoms with Crippen molar-refractivity contribution < 1.29 is 8.42 Å². The molecule has 20 heavy (non-hydrogen) atoms. The Morgan fingerprint density at radius 3 is 2.55 bits per heavy atom. The molecule has 1 saturated heterocycles. The van der Waals surface area contributed by atoms with E-state index in [2.05, 4.69) is 17.0 Å². The quantitative estimate of drug-likeness (QED) is 0.893. The van der Waals surface area contributed by atoms with E-state index in [1.165, 1.54) is 0 Å². The first-order chi connectivity index (χ1) is 8.91. The van der Waals surface area contributed by atoms with Gasteiger partial charge in [0.05, 0.1) is 4.90 Å². The average molecular weight is 319 g/mol. The predicted octanol–water partition coefficient (Wildman–Crippen LogP) is 2.08. The van der Waals surface area contributed by atoms with E-state index in [4.69, 9.17) is 0 Å². The lowest BCUT2D eigenvalue weighted by Crippen LogP contribution is -2.42. The summed E-state index contributed by atoms with van der Waals surface area (Å²) in [5.74, 6) is 0. The number of aryl methyl sites for hydroxylation is 1. The molecule has 1 aliphatic rings. The molecule has 0 unspecified atom stereocenters. The first kappa shape index (κ1) is 17.4.